The van der Waals surface area contributed by atoms with Gasteiger partial charge in [0.2, 0.25) is 0 Å². The number of hydrogen-bond donors (Lipinski definition) is 0. The fourth-order valence-electron chi connectivity index (χ4n) is 1.73. The fraction of sp³-hybridized carbons (Fsp3) is 0.250. The predicted molar refractivity (Wildman–Crippen MR) is 81.0 cm³/mol. The highest BCUT2D eigenvalue weighted by molar-refractivity contribution is 9.10. The Labute approximate surface area is 122 Å². The van der Waals surface area contributed by atoms with Crippen molar-refractivity contribution in [2.45, 2.75) is 13.8 Å². The van der Waals surface area contributed by atoms with E-state index in [0.717, 1.165) is 21.5 Å². The molecule has 3 heteroatoms. The summed E-state index contributed by atoms with van der Waals surface area (Å²) in [6.07, 6.45) is 0. The van der Waals surface area contributed by atoms with Gasteiger partial charge in [-0.05, 0) is 49.2 Å². The van der Waals surface area contributed by atoms with Gasteiger partial charge in [0.1, 0.15) is 24.7 Å². The molecule has 0 bridgehead atoms. The van der Waals surface area contributed by atoms with E-state index in [1.54, 1.807) is 0 Å². The van der Waals surface area contributed by atoms with Crippen LogP contribution in [0, 0.1) is 13.8 Å². The monoisotopic (exact) mass is 320 g/mol. The molecule has 0 aliphatic heterocycles. The van der Waals surface area contributed by atoms with Gasteiger partial charge in [-0.15, -0.1) is 0 Å². The summed E-state index contributed by atoms with van der Waals surface area (Å²) in [5, 5.41) is 0. The normalized spacial score (nSPS) is 10.3. The second kappa shape index (κ2) is 6.62. The van der Waals surface area contributed by atoms with Crippen LogP contribution < -0.4 is 9.47 Å². The standard InChI is InChI=1S/C16H17BrO2/c1-12-6-7-13(2)16(10-12)19-9-8-18-15-5-3-4-14(17)11-15/h3-7,10-11H,8-9H2,1-2H3. The molecule has 0 spiro atoms. The van der Waals surface area contributed by atoms with E-state index < -0.39 is 0 Å². The molecular weight excluding hydrogens is 304 g/mol. The summed E-state index contributed by atoms with van der Waals surface area (Å²) in [5.41, 5.74) is 2.35. The lowest BCUT2D eigenvalue weighted by molar-refractivity contribution is 0.216. The number of hydrogen-bond acceptors (Lipinski definition) is 2. The van der Waals surface area contributed by atoms with Crippen LogP contribution in [-0.2, 0) is 0 Å². The van der Waals surface area contributed by atoms with Crippen molar-refractivity contribution in [2.24, 2.45) is 0 Å². The SMILES string of the molecule is Cc1ccc(C)c(OCCOc2cccc(Br)c2)c1. The van der Waals surface area contributed by atoms with Crippen molar-refractivity contribution in [1.82, 2.24) is 0 Å². The maximum absolute atomic E-state index is 5.73. The van der Waals surface area contributed by atoms with Gasteiger partial charge < -0.3 is 9.47 Å². The molecule has 2 rings (SSSR count). The van der Waals surface area contributed by atoms with Gasteiger partial charge in [-0.3, -0.25) is 0 Å². The Bertz CT molecular complexity index is 552. The molecule has 0 fully saturated rings. The van der Waals surface area contributed by atoms with Gasteiger partial charge in [0.15, 0.2) is 0 Å². The first-order valence-corrected chi connectivity index (χ1v) is 7.03. The molecule has 0 aliphatic rings. The van der Waals surface area contributed by atoms with Gasteiger partial charge in [0.25, 0.3) is 0 Å². The van der Waals surface area contributed by atoms with E-state index in [1.807, 2.05) is 31.2 Å². The Morgan fingerprint density at radius 2 is 1.74 bits per heavy atom. The molecule has 0 atom stereocenters. The van der Waals surface area contributed by atoms with Crippen molar-refractivity contribution >= 4 is 15.9 Å². The predicted octanol–water partition coefficient (Wildman–Crippen LogP) is 4.52. The molecule has 0 saturated heterocycles. The molecular formula is C16H17BrO2. The third-order valence-corrected chi connectivity index (χ3v) is 3.24. The van der Waals surface area contributed by atoms with Crippen molar-refractivity contribution in [3.63, 3.8) is 0 Å². The Balaban J connectivity index is 1.82. The summed E-state index contributed by atoms with van der Waals surface area (Å²) in [5.74, 6) is 1.77. The molecule has 0 N–H and O–H groups in total. The van der Waals surface area contributed by atoms with Crippen LogP contribution in [0.4, 0.5) is 0 Å². The van der Waals surface area contributed by atoms with Crippen LogP contribution in [0.3, 0.4) is 0 Å². The first-order valence-electron chi connectivity index (χ1n) is 6.23. The van der Waals surface area contributed by atoms with Crippen molar-refractivity contribution in [3.8, 4) is 11.5 Å². The summed E-state index contributed by atoms with van der Waals surface area (Å²) in [6, 6.07) is 14.0. The molecule has 0 radical (unpaired) electrons. The second-order valence-electron chi connectivity index (χ2n) is 4.42. The summed E-state index contributed by atoms with van der Waals surface area (Å²) in [7, 11) is 0. The van der Waals surface area contributed by atoms with E-state index in [4.69, 9.17) is 9.47 Å². The van der Waals surface area contributed by atoms with Gasteiger partial charge in [-0.1, -0.05) is 34.1 Å². The Kier molecular flexibility index (Phi) is 4.86. The van der Waals surface area contributed by atoms with E-state index in [9.17, 15) is 0 Å². The molecule has 0 aromatic heterocycles. The van der Waals surface area contributed by atoms with Gasteiger partial charge >= 0.3 is 0 Å². The number of halogens is 1. The highest BCUT2D eigenvalue weighted by Gasteiger charge is 2.00. The highest BCUT2D eigenvalue weighted by atomic mass is 79.9. The maximum Gasteiger partial charge on any atom is 0.122 e. The largest absolute Gasteiger partial charge is 0.490 e. The second-order valence-corrected chi connectivity index (χ2v) is 5.34. The van der Waals surface area contributed by atoms with Crippen LogP contribution in [0.2, 0.25) is 0 Å². The number of benzene rings is 2. The van der Waals surface area contributed by atoms with Crippen LogP contribution in [-0.4, -0.2) is 13.2 Å². The molecule has 19 heavy (non-hydrogen) atoms. The summed E-state index contributed by atoms with van der Waals surface area (Å²) < 4.78 is 12.4. The van der Waals surface area contributed by atoms with Crippen molar-refractivity contribution in [2.75, 3.05) is 13.2 Å². The molecule has 0 aliphatic carbocycles. The Morgan fingerprint density at radius 1 is 0.947 bits per heavy atom. The third-order valence-electron chi connectivity index (χ3n) is 2.75. The number of ether oxygens (including phenoxy) is 2. The molecule has 2 aromatic rings. The van der Waals surface area contributed by atoms with Crippen LogP contribution >= 0.6 is 15.9 Å². The summed E-state index contributed by atoms with van der Waals surface area (Å²) >= 11 is 3.41. The van der Waals surface area contributed by atoms with Crippen LogP contribution in [0.1, 0.15) is 11.1 Å². The van der Waals surface area contributed by atoms with E-state index in [2.05, 4.69) is 41.1 Å². The highest BCUT2D eigenvalue weighted by Crippen LogP contribution is 2.20. The van der Waals surface area contributed by atoms with Gasteiger partial charge in [-0.2, -0.15) is 0 Å². The first kappa shape index (κ1) is 13.9. The first-order chi connectivity index (χ1) is 9.15. The smallest absolute Gasteiger partial charge is 0.122 e. The quantitative estimate of drug-likeness (QED) is 0.754. The van der Waals surface area contributed by atoms with E-state index in [0.29, 0.717) is 13.2 Å². The van der Waals surface area contributed by atoms with Crippen LogP contribution in [0.5, 0.6) is 11.5 Å². The minimum Gasteiger partial charge on any atom is -0.490 e. The average Bonchev–Trinajstić information content (AvgIpc) is 2.39. The molecule has 0 unspecified atom stereocenters. The van der Waals surface area contributed by atoms with Crippen molar-refractivity contribution in [3.05, 3.63) is 58.1 Å². The summed E-state index contributed by atoms with van der Waals surface area (Å²) in [4.78, 5) is 0. The average molecular weight is 321 g/mol. The number of aryl methyl sites for hydroxylation is 2. The lowest BCUT2D eigenvalue weighted by Gasteiger charge is -2.11. The molecule has 0 saturated carbocycles. The molecule has 100 valence electrons. The fourth-order valence-corrected chi connectivity index (χ4v) is 2.11. The topological polar surface area (TPSA) is 18.5 Å². The Morgan fingerprint density at radius 3 is 2.53 bits per heavy atom. The Hall–Kier alpha value is -1.48. The summed E-state index contributed by atoms with van der Waals surface area (Å²) in [6.45, 7) is 5.18. The minimum atomic E-state index is 0.532. The lowest BCUT2D eigenvalue weighted by Crippen LogP contribution is -2.09. The molecule has 0 amide bonds. The van der Waals surface area contributed by atoms with E-state index >= 15 is 0 Å². The zero-order valence-corrected chi connectivity index (χ0v) is 12.7. The zero-order valence-electron chi connectivity index (χ0n) is 11.2. The molecule has 2 nitrogen and oxygen atoms in total. The van der Waals surface area contributed by atoms with Crippen molar-refractivity contribution < 1.29 is 9.47 Å². The van der Waals surface area contributed by atoms with Crippen molar-refractivity contribution in [1.29, 1.82) is 0 Å². The zero-order chi connectivity index (χ0) is 13.7. The van der Waals surface area contributed by atoms with Gasteiger partial charge in [0, 0.05) is 4.47 Å². The number of rotatable bonds is 5. The van der Waals surface area contributed by atoms with Crippen LogP contribution in [0.25, 0.3) is 0 Å². The van der Waals surface area contributed by atoms with Gasteiger partial charge in [-0.25, -0.2) is 0 Å². The van der Waals surface area contributed by atoms with Gasteiger partial charge in [0.05, 0.1) is 0 Å². The minimum absolute atomic E-state index is 0.532. The molecule has 0 heterocycles. The molecule has 2 aromatic carbocycles. The lowest BCUT2D eigenvalue weighted by atomic mass is 10.1. The van der Waals surface area contributed by atoms with E-state index in [1.165, 1.54) is 5.56 Å². The third kappa shape index (κ3) is 4.28. The van der Waals surface area contributed by atoms with E-state index in [-0.39, 0.29) is 0 Å². The maximum atomic E-state index is 5.73. The van der Waals surface area contributed by atoms with Crippen LogP contribution in [0.15, 0.2) is 46.9 Å².